The van der Waals surface area contributed by atoms with Gasteiger partial charge >= 0.3 is 0 Å². The smallest absolute Gasteiger partial charge is 0.249 e. The number of nitrogens with one attached hydrogen (secondary N) is 1. The summed E-state index contributed by atoms with van der Waals surface area (Å²) in [6.07, 6.45) is 8.90. The lowest BCUT2D eigenvalue weighted by Gasteiger charge is -2.36. The Hall–Kier alpha value is -1.44. The summed E-state index contributed by atoms with van der Waals surface area (Å²) >= 11 is 6.51. The first kappa shape index (κ1) is 20.8. The number of allylic oxidation sites excluding steroid dienone is 4. The molecule has 0 aromatic rings. The maximum atomic E-state index is 13.4. The van der Waals surface area contributed by atoms with Crippen LogP contribution in [0.1, 0.15) is 38.5 Å². The second kappa shape index (κ2) is 8.00. The van der Waals surface area contributed by atoms with Crippen LogP contribution in [0.3, 0.4) is 0 Å². The molecule has 0 spiro atoms. The fourth-order valence-corrected chi connectivity index (χ4v) is 4.89. The van der Waals surface area contributed by atoms with Crippen molar-refractivity contribution < 1.29 is 23.4 Å². The lowest BCUT2D eigenvalue weighted by Crippen LogP contribution is -2.48. The van der Waals surface area contributed by atoms with Gasteiger partial charge in [0.25, 0.3) is 0 Å². The summed E-state index contributed by atoms with van der Waals surface area (Å²) in [7, 11) is 0. The quantitative estimate of drug-likeness (QED) is 0.660. The number of nitrogens with zero attached hydrogens (tertiary/aromatic N) is 1. The van der Waals surface area contributed by atoms with Gasteiger partial charge in [-0.2, -0.15) is 0 Å². The summed E-state index contributed by atoms with van der Waals surface area (Å²) in [4.78, 5) is 15.0. The second-order valence-corrected chi connectivity index (χ2v) is 9.04. The molecule has 4 rings (SSSR count). The van der Waals surface area contributed by atoms with Gasteiger partial charge in [-0.1, -0.05) is 12.2 Å². The molecule has 5 nitrogen and oxygen atoms in total. The maximum Gasteiger partial charge on any atom is 0.249 e. The number of halogens is 3. The van der Waals surface area contributed by atoms with Crippen molar-refractivity contribution in [3.8, 4) is 0 Å². The van der Waals surface area contributed by atoms with Crippen molar-refractivity contribution in [2.45, 2.75) is 61.5 Å². The minimum Gasteiger partial charge on any atom is -0.388 e. The minimum atomic E-state index is -2.73. The molecule has 1 unspecified atom stereocenters. The molecule has 2 N–H and O–H groups in total. The number of hydrogen-bond donors (Lipinski definition) is 2. The molecule has 2 aliphatic carbocycles. The molecule has 1 amide bonds. The van der Waals surface area contributed by atoms with Crippen molar-refractivity contribution in [3.05, 3.63) is 35.7 Å². The highest BCUT2D eigenvalue weighted by atomic mass is 35.5. The van der Waals surface area contributed by atoms with Gasteiger partial charge in [-0.15, -0.1) is 11.6 Å². The van der Waals surface area contributed by atoms with Crippen LogP contribution in [0, 0.1) is 5.92 Å². The molecule has 2 fully saturated rings. The molecule has 160 valence electrons. The Morgan fingerprint density at radius 1 is 1.34 bits per heavy atom. The van der Waals surface area contributed by atoms with Crippen LogP contribution < -0.4 is 5.32 Å². The Balaban J connectivity index is 1.43. The van der Waals surface area contributed by atoms with Gasteiger partial charge in [-0.25, -0.2) is 8.78 Å². The molecule has 3 atom stereocenters. The summed E-state index contributed by atoms with van der Waals surface area (Å²) in [6.45, 7) is 1.38. The molecule has 0 aromatic carbocycles. The Morgan fingerprint density at radius 3 is 2.79 bits per heavy atom. The van der Waals surface area contributed by atoms with Crippen LogP contribution >= 0.6 is 11.6 Å². The van der Waals surface area contributed by atoms with E-state index >= 15 is 0 Å². The van der Waals surface area contributed by atoms with Crippen molar-refractivity contribution in [2.75, 3.05) is 19.7 Å². The normalized spacial score (nSPS) is 32.6. The van der Waals surface area contributed by atoms with Gasteiger partial charge in [-0.05, 0) is 31.8 Å². The predicted octanol–water partition coefficient (Wildman–Crippen LogP) is 3.10. The van der Waals surface area contributed by atoms with E-state index in [4.69, 9.17) is 16.3 Å². The van der Waals surface area contributed by atoms with E-state index in [0.29, 0.717) is 12.1 Å². The van der Waals surface area contributed by atoms with Crippen LogP contribution in [0.15, 0.2) is 35.7 Å². The number of hydrogen-bond acceptors (Lipinski definition) is 4. The summed E-state index contributed by atoms with van der Waals surface area (Å²) < 4.78 is 32.5. The van der Waals surface area contributed by atoms with E-state index in [1.54, 1.807) is 0 Å². The Morgan fingerprint density at radius 2 is 2.10 bits per heavy atom. The first-order valence-electron chi connectivity index (χ1n) is 10.3. The topological polar surface area (TPSA) is 61.8 Å². The number of carbonyl (C=O) groups excluding carboxylic acids is 1. The molecule has 1 saturated heterocycles. The van der Waals surface area contributed by atoms with Gasteiger partial charge in [0.15, 0.2) is 0 Å². The molecule has 1 saturated carbocycles. The fourth-order valence-electron chi connectivity index (χ4n) is 4.54. The van der Waals surface area contributed by atoms with E-state index < -0.39 is 11.5 Å². The minimum absolute atomic E-state index is 0.0279. The number of alkyl halides is 3. The molecule has 0 aromatic heterocycles. The van der Waals surface area contributed by atoms with Gasteiger partial charge in [0.2, 0.25) is 11.8 Å². The molecule has 2 heterocycles. The number of rotatable bonds is 5. The van der Waals surface area contributed by atoms with Crippen molar-refractivity contribution in [2.24, 2.45) is 5.92 Å². The summed E-state index contributed by atoms with van der Waals surface area (Å²) in [6, 6.07) is 0. The Labute approximate surface area is 174 Å². The molecular formula is C21H27ClF2N2O3. The number of fused-ring (bicyclic) bond motifs is 1. The first-order valence-corrected chi connectivity index (χ1v) is 10.7. The molecule has 0 bridgehead atoms. The van der Waals surface area contributed by atoms with Crippen molar-refractivity contribution in [1.29, 1.82) is 0 Å². The maximum absolute atomic E-state index is 13.4. The van der Waals surface area contributed by atoms with E-state index in [-0.39, 0.29) is 55.5 Å². The third-order valence-corrected chi connectivity index (χ3v) is 6.73. The lowest BCUT2D eigenvalue weighted by molar-refractivity contribution is -0.122. The number of aliphatic hydroxyl groups is 1. The van der Waals surface area contributed by atoms with Gasteiger partial charge in [-0.3, -0.25) is 4.79 Å². The van der Waals surface area contributed by atoms with Gasteiger partial charge < -0.3 is 20.1 Å². The van der Waals surface area contributed by atoms with E-state index in [2.05, 4.69) is 5.32 Å². The van der Waals surface area contributed by atoms with E-state index in [0.717, 1.165) is 25.1 Å². The number of amides is 1. The zero-order valence-corrected chi connectivity index (χ0v) is 17.0. The average Bonchev–Trinajstić information content (AvgIpc) is 3.32. The second-order valence-electron chi connectivity index (χ2n) is 8.53. The first-order chi connectivity index (χ1) is 13.8. The standard InChI is InChI=1S/C21H27ClF2N2O3/c22-16-4-1-5-17-18(16)15(12-26(17)11-14-3-2-10-29-14)19(27)25-13-20(28)6-8-21(23,24)9-7-20/h1,4-5,12,14,16,18,28H,2-3,6-11,13H2,(H,25,27)/t14-,16-,18?/m1/s1. The molecule has 0 radical (unpaired) electrons. The zero-order valence-electron chi connectivity index (χ0n) is 16.3. The lowest BCUT2D eigenvalue weighted by atomic mass is 9.82. The summed E-state index contributed by atoms with van der Waals surface area (Å²) in [5.41, 5.74) is 0.201. The van der Waals surface area contributed by atoms with Gasteiger partial charge in [0.05, 0.1) is 23.0 Å². The highest BCUT2D eigenvalue weighted by Crippen LogP contribution is 2.41. The summed E-state index contributed by atoms with van der Waals surface area (Å²) in [5, 5.41) is 13.0. The SMILES string of the molecule is O=C(NCC1(O)CCC(F)(F)CC1)C1=CN(C[C@H]2CCCO2)C2=CC=C[C@@H](Cl)C12. The highest BCUT2D eigenvalue weighted by molar-refractivity contribution is 6.23. The zero-order chi connectivity index (χ0) is 20.6. The number of carbonyl (C=O) groups is 1. The Bertz CT molecular complexity index is 736. The van der Waals surface area contributed by atoms with Crippen LogP contribution in [-0.2, 0) is 9.53 Å². The van der Waals surface area contributed by atoms with Crippen LogP contribution in [0.2, 0.25) is 0 Å². The van der Waals surface area contributed by atoms with E-state index in [9.17, 15) is 18.7 Å². The van der Waals surface area contributed by atoms with Crippen LogP contribution in [-0.4, -0.2) is 58.6 Å². The van der Waals surface area contributed by atoms with Crippen molar-refractivity contribution in [3.63, 3.8) is 0 Å². The van der Waals surface area contributed by atoms with Crippen molar-refractivity contribution >= 4 is 17.5 Å². The van der Waals surface area contributed by atoms with E-state index in [1.165, 1.54) is 0 Å². The van der Waals surface area contributed by atoms with E-state index in [1.807, 2.05) is 29.3 Å². The largest absolute Gasteiger partial charge is 0.388 e. The fraction of sp³-hybridized carbons (Fsp3) is 0.667. The Kier molecular flexibility index (Phi) is 5.75. The molecule has 2 aliphatic heterocycles. The third kappa shape index (κ3) is 4.52. The van der Waals surface area contributed by atoms with Crippen LogP contribution in [0.5, 0.6) is 0 Å². The predicted molar refractivity (Wildman–Crippen MR) is 105 cm³/mol. The molecule has 29 heavy (non-hydrogen) atoms. The monoisotopic (exact) mass is 428 g/mol. The van der Waals surface area contributed by atoms with Crippen molar-refractivity contribution in [1.82, 2.24) is 10.2 Å². The molecule has 4 aliphatic rings. The number of ether oxygens (including phenoxy) is 1. The van der Waals surface area contributed by atoms with Gasteiger partial charge in [0, 0.05) is 50.0 Å². The highest BCUT2D eigenvalue weighted by Gasteiger charge is 2.44. The molecular weight excluding hydrogens is 402 g/mol. The van der Waals surface area contributed by atoms with Crippen LogP contribution in [0.4, 0.5) is 8.78 Å². The van der Waals surface area contributed by atoms with Gasteiger partial charge in [0.1, 0.15) is 0 Å². The van der Waals surface area contributed by atoms with Crippen LogP contribution in [0.25, 0.3) is 0 Å². The third-order valence-electron chi connectivity index (χ3n) is 6.34. The molecule has 8 heteroatoms. The summed E-state index contributed by atoms with van der Waals surface area (Å²) in [5.74, 6) is -3.32. The average molecular weight is 429 g/mol.